The van der Waals surface area contributed by atoms with E-state index in [0.717, 1.165) is 52.7 Å². The van der Waals surface area contributed by atoms with Gasteiger partial charge in [0.2, 0.25) is 0 Å². The molecule has 1 aliphatic heterocycles. The highest BCUT2D eigenvalue weighted by Crippen LogP contribution is 2.41. The van der Waals surface area contributed by atoms with Crippen molar-refractivity contribution in [2.75, 3.05) is 23.7 Å². The molecule has 2 aromatic heterocycles. The first-order valence-electron chi connectivity index (χ1n) is 13.0. The molecule has 0 unspecified atom stereocenters. The van der Waals surface area contributed by atoms with E-state index in [1.54, 1.807) is 30.5 Å². The van der Waals surface area contributed by atoms with Gasteiger partial charge < -0.3 is 16.8 Å². The number of urea groups is 1. The van der Waals surface area contributed by atoms with Crippen LogP contribution in [-0.2, 0) is 6.18 Å². The third-order valence-electron chi connectivity index (χ3n) is 7.26. The molecule has 3 heterocycles. The van der Waals surface area contributed by atoms with E-state index >= 15 is 0 Å². The highest BCUT2D eigenvalue weighted by atomic mass is 19.4. The predicted molar refractivity (Wildman–Crippen MR) is 154 cm³/mol. The molecule has 41 heavy (non-hydrogen) atoms. The second-order valence-electron chi connectivity index (χ2n) is 9.81. The standard InChI is InChI=1S/C30H26F3N7O/c1-17-38-26(27-28(34)37-16-25(39(17)27)18-6-5-13-36-15-18)23-11-12-24(22-10-3-2-9-21(22)23)40(29(35)41)20-8-4-7-19(14-20)30(31,32)33/h2-4,6-12,14,16,36H,5,13,15H2,1H3,(H2,34,37)(H2,35,41). The summed E-state index contributed by atoms with van der Waals surface area (Å²) in [6, 6.07) is 14.3. The van der Waals surface area contributed by atoms with Crippen LogP contribution in [0, 0.1) is 6.92 Å². The monoisotopic (exact) mass is 557 g/mol. The summed E-state index contributed by atoms with van der Waals surface area (Å²) in [4.78, 5) is 23.1. The maximum atomic E-state index is 13.5. The number of primary amides is 1. The van der Waals surface area contributed by atoms with Crippen molar-refractivity contribution in [3.8, 4) is 11.3 Å². The molecule has 6 rings (SSSR count). The molecule has 0 radical (unpaired) electrons. The number of carbonyl (C=O) groups is 1. The van der Waals surface area contributed by atoms with Gasteiger partial charge in [0.15, 0.2) is 0 Å². The van der Waals surface area contributed by atoms with Crippen molar-refractivity contribution in [3.05, 3.63) is 90.0 Å². The number of fused-ring (bicyclic) bond motifs is 2. The SMILES string of the molecule is Cc1nc(-c2ccc(N(C(N)=O)c3cccc(C(F)(F)F)c3)c3ccccc23)c2c(N)ncc(C3=CCCNC3)n12. The van der Waals surface area contributed by atoms with Crippen LogP contribution in [0.15, 0.2) is 72.9 Å². The maximum absolute atomic E-state index is 13.5. The van der Waals surface area contributed by atoms with Crippen LogP contribution in [0.25, 0.3) is 33.1 Å². The van der Waals surface area contributed by atoms with Gasteiger partial charge in [0, 0.05) is 17.5 Å². The molecule has 5 N–H and O–H groups in total. The molecular weight excluding hydrogens is 531 g/mol. The Bertz CT molecular complexity index is 1860. The van der Waals surface area contributed by atoms with Crippen molar-refractivity contribution < 1.29 is 18.0 Å². The van der Waals surface area contributed by atoms with E-state index in [-0.39, 0.29) is 5.69 Å². The van der Waals surface area contributed by atoms with Crippen molar-refractivity contribution in [2.24, 2.45) is 5.73 Å². The van der Waals surface area contributed by atoms with Gasteiger partial charge in [0.1, 0.15) is 22.9 Å². The largest absolute Gasteiger partial charge is 0.416 e. The molecule has 0 aliphatic carbocycles. The summed E-state index contributed by atoms with van der Waals surface area (Å²) in [5.41, 5.74) is 15.6. The molecule has 0 saturated carbocycles. The number of nitrogens with two attached hydrogens (primary N) is 2. The molecule has 8 nitrogen and oxygen atoms in total. The lowest BCUT2D eigenvalue weighted by Gasteiger charge is -2.24. The summed E-state index contributed by atoms with van der Waals surface area (Å²) in [5, 5.41) is 4.69. The minimum Gasteiger partial charge on any atom is -0.382 e. The Kier molecular flexibility index (Phi) is 6.38. The van der Waals surface area contributed by atoms with E-state index in [4.69, 9.17) is 16.5 Å². The first-order valence-corrected chi connectivity index (χ1v) is 13.0. The topological polar surface area (TPSA) is 115 Å². The fourth-order valence-corrected chi connectivity index (χ4v) is 5.46. The maximum Gasteiger partial charge on any atom is 0.416 e. The molecule has 11 heteroatoms. The number of imidazole rings is 1. The third-order valence-corrected chi connectivity index (χ3v) is 7.26. The minimum atomic E-state index is -4.58. The highest BCUT2D eigenvalue weighted by Gasteiger charge is 2.32. The average Bonchev–Trinajstić information content (AvgIpc) is 3.31. The third kappa shape index (κ3) is 4.53. The summed E-state index contributed by atoms with van der Waals surface area (Å²) in [5.74, 6) is 1.03. The number of hydrogen-bond acceptors (Lipinski definition) is 5. The number of rotatable bonds is 4. The fourth-order valence-electron chi connectivity index (χ4n) is 5.46. The second-order valence-corrected chi connectivity index (χ2v) is 9.81. The van der Waals surface area contributed by atoms with Crippen molar-refractivity contribution in [1.29, 1.82) is 0 Å². The Labute approximate surface area is 233 Å². The van der Waals surface area contributed by atoms with Gasteiger partial charge in [-0.15, -0.1) is 0 Å². The van der Waals surface area contributed by atoms with Crippen LogP contribution in [0.5, 0.6) is 0 Å². The quantitative estimate of drug-likeness (QED) is 0.249. The Morgan fingerprint density at radius 2 is 1.85 bits per heavy atom. The zero-order valence-corrected chi connectivity index (χ0v) is 22.0. The van der Waals surface area contributed by atoms with E-state index in [1.807, 2.05) is 23.5 Å². The summed E-state index contributed by atoms with van der Waals surface area (Å²) in [6.07, 6.45) is 0.247. The molecule has 0 spiro atoms. The number of carbonyl (C=O) groups excluding carboxylic acids is 1. The Morgan fingerprint density at radius 1 is 1.07 bits per heavy atom. The highest BCUT2D eigenvalue weighted by molar-refractivity contribution is 6.12. The van der Waals surface area contributed by atoms with Crippen molar-refractivity contribution in [3.63, 3.8) is 0 Å². The van der Waals surface area contributed by atoms with Crippen LogP contribution in [0.4, 0.5) is 35.2 Å². The summed E-state index contributed by atoms with van der Waals surface area (Å²) in [7, 11) is 0. The Balaban J connectivity index is 1.56. The number of hydrogen-bond donors (Lipinski definition) is 3. The van der Waals surface area contributed by atoms with Crippen LogP contribution in [0.2, 0.25) is 0 Å². The lowest BCUT2D eigenvalue weighted by atomic mass is 9.99. The molecule has 0 bridgehead atoms. The molecule has 0 fully saturated rings. The lowest BCUT2D eigenvalue weighted by Crippen LogP contribution is -2.31. The number of nitrogens with one attached hydrogen (secondary N) is 1. The molecule has 208 valence electrons. The van der Waals surface area contributed by atoms with Gasteiger partial charge in [0.25, 0.3) is 0 Å². The van der Waals surface area contributed by atoms with E-state index in [2.05, 4.69) is 16.4 Å². The number of alkyl halides is 3. The van der Waals surface area contributed by atoms with Gasteiger partial charge in [-0.1, -0.05) is 36.4 Å². The number of aryl methyl sites for hydroxylation is 1. The number of amides is 2. The second kappa shape index (κ2) is 9.93. The van der Waals surface area contributed by atoms with Crippen molar-refractivity contribution in [2.45, 2.75) is 19.5 Å². The zero-order valence-electron chi connectivity index (χ0n) is 22.0. The number of nitrogens with zero attached hydrogens (tertiary/aromatic N) is 4. The number of benzene rings is 3. The summed E-state index contributed by atoms with van der Waals surface area (Å²) in [6.45, 7) is 3.50. The van der Waals surface area contributed by atoms with Gasteiger partial charge in [-0.3, -0.25) is 9.30 Å². The van der Waals surface area contributed by atoms with Crippen LogP contribution >= 0.6 is 0 Å². The van der Waals surface area contributed by atoms with Crippen LogP contribution in [0.1, 0.15) is 23.5 Å². The molecule has 5 aromatic rings. The Hall–Kier alpha value is -4.90. The van der Waals surface area contributed by atoms with E-state index in [9.17, 15) is 18.0 Å². The molecule has 3 aromatic carbocycles. The molecule has 0 saturated heterocycles. The molecule has 0 atom stereocenters. The van der Waals surface area contributed by atoms with E-state index < -0.39 is 17.8 Å². The van der Waals surface area contributed by atoms with Gasteiger partial charge >= 0.3 is 12.2 Å². The average molecular weight is 558 g/mol. The smallest absolute Gasteiger partial charge is 0.382 e. The van der Waals surface area contributed by atoms with E-state index in [0.29, 0.717) is 40.0 Å². The molecule has 2 amide bonds. The van der Waals surface area contributed by atoms with Gasteiger partial charge in [0.05, 0.1) is 28.8 Å². The Morgan fingerprint density at radius 3 is 2.56 bits per heavy atom. The van der Waals surface area contributed by atoms with Gasteiger partial charge in [-0.2, -0.15) is 13.2 Å². The predicted octanol–water partition coefficient (Wildman–Crippen LogP) is 6.05. The van der Waals surface area contributed by atoms with Gasteiger partial charge in [-0.05, 0) is 61.2 Å². The first-order chi connectivity index (χ1) is 19.6. The first kappa shape index (κ1) is 26.3. The van der Waals surface area contributed by atoms with E-state index in [1.165, 1.54) is 12.1 Å². The van der Waals surface area contributed by atoms with Gasteiger partial charge in [-0.25, -0.2) is 14.8 Å². The van der Waals surface area contributed by atoms with Crippen LogP contribution in [-0.4, -0.2) is 33.5 Å². The molecular formula is C30H26F3N7O. The summed E-state index contributed by atoms with van der Waals surface area (Å²) < 4.78 is 42.4. The lowest BCUT2D eigenvalue weighted by molar-refractivity contribution is -0.137. The van der Waals surface area contributed by atoms with Crippen molar-refractivity contribution >= 4 is 45.1 Å². The van der Waals surface area contributed by atoms with Crippen LogP contribution < -0.4 is 21.7 Å². The summed E-state index contributed by atoms with van der Waals surface area (Å²) >= 11 is 0. The van der Waals surface area contributed by atoms with Crippen LogP contribution in [0.3, 0.4) is 0 Å². The number of nitrogen functional groups attached to an aromatic ring is 1. The fraction of sp³-hybridized carbons (Fsp3) is 0.167. The number of aromatic nitrogens is 3. The van der Waals surface area contributed by atoms with Crippen molar-refractivity contribution in [1.82, 2.24) is 19.7 Å². The molecule has 1 aliphatic rings. The minimum absolute atomic E-state index is 0.000895. The number of halogens is 3. The zero-order chi connectivity index (χ0) is 28.9. The number of anilines is 3. The normalized spacial score (nSPS) is 13.9.